The molecule has 32 heavy (non-hydrogen) atoms. The van der Waals surface area contributed by atoms with Crippen molar-refractivity contribution in [3.8, 4) is 0 Å². The average molecular weight is 418 g/mol. The Balaban J connectivity index is 1.69. The van der Waals surface area contributed by atoms with Gasteiger partial charge in [0.1, 0.15) is 0 Å². The molecular weight excluding hydrogens is 394 g/mol. The number of aliphatic hydroxyl groups is 1. The second kappa shape index (κ2) is 8.29. The summed E-state index contributed by atoms with van der Waals surface area (Å²) >= 11 is 0. The molecule has 0 bridgehead atoms. The van der Waals surface area contributed by atoms with Gasteiger partial charge in [0.2, 0.25) is 0 Å². The van der Waals surface area contributed by atoms with E-state index >= 15 is 0 Å². The van der Waals surface area contributed by atoms with Crippen LogP contribution in [0.3, 0.4) is 0 Å². The van der Waals surface area contributed by atoms with Crippen LogP contribution in [0.5, 0.6) is 0 Å². The van der Waals surface area contributed by atoms with Crippen LogP contribution in [0, 0.1) is 0 Å². The molecule has 1 heterocycles. The molecule has 0 unspecified atom stereocenters. The molecule has 1 atom stereocenters. The number of para-hydroxylation sites is 1. The summed E-state index contributed by atoms with van der Waals surface area (Å²) in [5, 5.41) is 12.2. The molecular formula is C29H23NO2. The van der Waals surface area contributed by atoms with E-state index in [0.717, 1.165) is 22.4 Å². The Labute approximate surface area is 187 Å². The van der Waals surface area contributed by atoms with Crippen molar-refractivity contribution in [3.63, 3.8) is 0 Å². The molecule has 3 heteroatoms. The zero-order valence-electron chi connectivity index (χ0n) is 17.6. The number of fused-ring (bicyclic) bond motifs is 1. The number of rotatable bonds is 5. The molecule has 0 aliphatic carbocycles. The van der Waals surface area contributed by atoms with Crippen molar-refractivity contribution in [1.82, 2.24) is 0 Å². The van der Waals surface area contributed by atoms with Gasteiger partial charge >= 0.3 is 0 Å². The van der Waals surface area contributed by atoms with Crippen LogP contribution in [-0.2, 0) is 16.9 Å². The summed E-state index contributed by atoms with van der Waals surface area (Å²) < 4.78 is 0. The molecule has 4 aromatic rings. The number of carbonyl (C=O) groups excluding carboxylic acids is 1. The van der Waals surface area contributed by atoms with Gasteiger partial charge in [0.05, 0.1) is 12.2 Å². The zero-order chi connectivity index (χ0) is 22.0. The Morgan fingerprint density at radius 3 is 2.00 bits per heavy atom. The summed E-state index contributed by atoms with van der Waals surface area (Å²) in [6, 6.07) is 36.8. The number of nitrogens with zero attached hydrogens (tertiary/aromatic N) is 1. The van der Waals surface area contributed by atoms with Crippen LogP contribution in [0.2, 0.25) is 0 Å². The van der Waals surface area contributed by atoms with E-state index in [1.165, 1.54) is 0 Å². The molecule has 1 N–H and O–H groups in total. The van der Waals surface area contributed by atoms with Gasteiger partial charge in [-0.2, -0.15) is 0 Å². The van der Waals surface area contributed by atoms with Gasteiger partial charge in [-0.05, 0) is 28.8 Å². The van der Waals surface area contributed by atoms with E-state index < -0.39 is 5.60 Å². The van der Waals surface area contributed by atoms with Gasteiger partial charge in [0.25, 0.3) is 5.91 Å². The molecule has 0 fully saturated rings. The van der Waals surface area contributed by atoms with Crippen LogP contribution in [-0.4, -0.2) is 11.0 Å². The summed E-state index contributed by atoms with van der Waals surface area (Å²) in [5.74, 6) is -0.339. The van der Waals surface area contributed by atoms with Crippen LogP contribution in [0.4, 0.5) is 5.69 Å². The molecule has 0 radical (unpaired) electrons. The van der Waals surface area contributed by atoms with Gasteiger partial charge in [0.15, 0.2) is 5.60 Å². The lowest BCUT2D eigenvalue weighted by Gasteiger charge is -2.27. The number of benzene rings is 4. The molecule has 5 rings (SSSR count). The Morgan fingerprint density at radius 1 is 0.750 bits per heavy atom. The molecule has 156 valence electrons. The minimum absolute atomic E-state index is 0.339. The standard InChI is InChI=1S/C29H23NO2/c31-28-29(32,26(24-16-8-3-9-17-24)20-22-12-4-1-5-13-22)25-18-10-11-19-27(25)30(28)21-23-14-6-2-7-15-23/h1-20,32H,21H2/b26-20+/t29-/m1/s1. The molecule has 1 aliphatic rings. The Hall–Kier alpha value is -3.95. The third-order valence-corrected chi connectivity index (χ3v) is 5.91. The maximum absolute atomic E-state index is 13.9. The van der Waals surface area contributed by atoms with Crippen molar-refractivity contribution >= 4 is 23.2 Å². The van der Waals surface area contributed by atoms with Crippen molar-refractivity contribution in [2.75, 3.05) is 4.90 Å². The number of anilines is 1. The number of amides is 1. The normalized spacial score (nSPS) is 18.0. The van der Waals surface area contributed by atoms with Gasteiger partial charge < -0.3 is 10.0 Å². The smallest absolute Gasteiger partial charge is 0.268 e. The molecule has 0 saturated heterocycles. The molecule has 3 nitrogen and oxygen atoms in total. The van der Waals surface area contributed by atoms with E-state index in [2.05, 4.69) is 0 Å². The Kier molecular flexibility index (Phi) is 5.18. The van der Waals surface area contributed by atoms with E-state index in [9.17, 15) is 9.90 Å². The lowest BCUT2D eigenvalue weighted by Crippen LogP contribution is -2.41. The minimum Gasteiger partial charge on any atom is -0.372 e. The first-order valence-corrected chi connectivity index (χ1v) is 10.7. The van der Waals surface area contributed by atoms with Gasteiger partial charge in [-0.25, -0.2) is 0 Å². The van der Waals surface area contributed by atoms with Gasteiger partial charge in [-0.1, -0.05) is 109 Å². The highest BCUT2D eigenvalue weighted by Crippen LogP contribution is 2.48. The lowest BCUT2D eigenvalue weighted by atomic mass is 9.82. The summed E-state index contributed by atoms with van der Waals surface area (Å²) in [4.78, 5) is 15.6. The van der Waals surface area contributed by atoms with Gasteiger partial charge in [-0.15, -0.1) is 0 Å². The summed E-state index contributed by atoms with van der Waals surface area (Å²) in [6.07, 6.45) is 1.91. The maximum atomic E-state index is 13.9. The first-order valence-electron chi connectivity index (χ1n) is 10.7. The highest BCUT2D eigenvalue weighted by Gasteiger charge is 2.52. The second-order valence-electron chi connectivity index (χ2n) is 7.94. The van der Waals surface area contributed by atoms with E-state index in [1.807, 2.05) is 121 Å². The Bertz CT molecular complexity index is 1270. The van der Waals surface area contributed by atoms with Gasteiger partial charge in [0, 0.05) is 11.1 Å². The topological polar surface area (TPSA) is 40.5 Å². The van der Waals surface area contributed by atoms with Crippen molar-refractivity contribution in [2.45, 2.75) is 12.1 Å². The highest BCUT2D eigenvalue weighted by atomic mass is 16.3. The molecule has 1 aliphatic heterocycles. The fourth-order valence-electron chi connectivity index (χ4n) is 4.35. The molecule has 0 spiro atoms. The predicted molar refractivity (Wildman–Crippen MR) is 129 cm³/mol. The average Bonchev–Trinajstić information content (AvgIpc) is 3.07. The third-order valence-electron chi connectivity index (χ3n) is 5.91. The predicted octanol–water partition coefficient (Wildman–Crippen LogP) is 5.66. The van der Waals surface area contributed by atoms with E-state index in [-0.39, 0.29) is 5.91 Å². The number of hydrogen-bond acceptors (Lipinski definition) is 2. The van der Waals surface area contributed by atoms with Gasteiger partial charge in [-0.3, -0.25) is 4.79 Å². The summed E-state index contributed by atoms with van der Waals surface area (Å²) in [5.41, 5.74) is 2.86. The lowest BCUT2D eigenvalue weighted by molar-refractivity contribution is -0.130. The molecule has 0 aromatic heterocycles. The summed E-state index contributed by atoms with van der Waals surface area (Å²) in [7, 11) is 0. The highest BCUT2D eigenvalue weighted by molar-refractivity contribution is 6.16. The zero-order valence-corrected chi connectivity index (χ0v) is 17.6. The van der Waals surface area contributed by atoms with E-state index in [4.69, 9.17) is 0 Å². The van der Waals surface area contributed by atoms with E-state index in [1.54, 1.807) is 4.90 Å². The first-order chi connectivity index (χ1) is 15.7. The Morgan fingerprint density at radius 2 is 1.31 bits per heavy atom. The molecule has 1 amide bonds. The van der Waals surface area contributed by atoms with Crippen molar-refractivity contribution < 1.29 is 9.90 Å². The molecule has 0 saturated carbocycles. The van der Waals surface area contributed by atoms with Crippen molar-refractivity contribution in [2.24, 2.45) is 0 Å². The SMILES string of the molecule is O=C1N(Cc2ccccc2)c2ccccc2[C@@]1(O)/C(=C/c1ccccc1)c1ccccc1. The van der Waals surface area contributed by atoms with Crippen molar-refractivity contribution in [3.05, 3.63) is 138 Å². The quantitative estimate of drug-likeness (QED) is 0.426. The van der Waals surface area contributed by atoms with Crippen LogP contribution >= 0.6 is 0 Å². The summed E-state index contributed by atoms with van der Waals surface area (Å²) in [6.45, 7) is 0.395. The van der Waals surface area contributed by atoms with Crippen LogP contribution in [0.1, 0.15) is 22.3 Å². The monoisotopic (exact) mass is 417 g/mol. The minimum atomic E-state index is -1.79. The molecule has 4 aromatic carbocycles. The third kappa shape index (κ3) is 3.43. The van der Waals surface area contributed by atoms with Crippen LogP contribution < -0.4 is 4.90 Å². The van der Waals surface area contributed by atoms with E-state index in [0.29, 0.717) is 17.7 Å². The van der Waals surface area contributed by atoms with Crippen LogP contribution in [0.15, 0.2) is 115 Å². The fraction of sp³-hybridized carbons (Fsp3) is 0.0690. The number of carbonyl (C=O) groups is 1. The largest absolute Gasteiger partial charge is 0.372 e. The first kappa shape index (κ1) is 20.0. The number of hydrogen-bond donors (Lipinski definition) is 1. The van der Waals surface area contributed by atoms with Crippen molar-refractivity contribution in [1.29, 1.82) is 0 Å². The fourth-order valence-corrected chi connectivity index (χ4v) is 4.35. The maximum Gasteiger partial charge on any atom is 0.268 e. The van der Waals surface area contributed by atoms with Crippen LogP contribution in [0.25, 0.3) is 11.6 Å². The second-order valence-corrected chi connectivity index (χ2v) is 7.94.